The van der Waals surface area contributed by atoms with Crippen LogP contribution in [-0.4, -0.2) is 89.8 Å². The second-order valence-corrected chi connectivity index (χ2v) is 23.2. The van der Waals surface area contributed by atoms with Crippen molar-refractivity contribution in [3.63, 3.8) is 0 Å². The first-order valence-electron chi connectivity index (χ1n) is 30.6. The molecule has 0 aromatic rings. The summed E-state index contributed by atoms with van der Waals surface area (Å²) in [5, 5.41) is 6.55. The Labute approximate surface area is 427 Å². The van der Waals surface area contributed by atoms with Crippen molar-refractivity contribution in [3.8, 4) is 0 Å². The molecule has 2 rings (SSSR count). The number of Topliss-reactive ketones (excluding diaryl/α,β-unsaturated/α-hetero) is 2. The van der Waals surface area contributed by atoms with Gasteiger partial charge in [0.25, 0.3) is 0 Å². The van der Waals surface area contributed by atoms with Gasteiger partial charge < -0.3 is 20.4 Å². The highest BCUT2D eigenvalue weighted by Crippen LogP contribution is 2.33. The fourth-order valence-corrected chi connectivity index (χ4v) is 12.4. The summed E-state index contributed by atoms with van der Waals surface area (Å²) in [4.78, 5) is 42.6. The van der Waals surface area contributed by atoms with E-state index >= 15 is 0 Å². The molecule has 2 saturated heterocycles. The molecule has 2 aliphatic rings. The van der Waals surface area contributed by atoms with Crippen LogP contribution in [0.1, 0.15) is 303 Å². The van der Waals surface area contributed by atoms with Crippen molar-refractivity contribution < 1.29 is 14.4 Å². The number of hydrogen-bond acceptors (Lipinski definition) is 6. The Kier molecular flexibility index (Phi) is 43.5. The van der Waals surface area contributed by atoms with E-state index in [1.165, 1.54) is 245 Å². The van der Waals surface area contributed by atoms with Gasteiger partial charge in [-0.1, -0.05) is 213 Å². The number of carbonyl (C=O) groups is 3. The number of amides is 2. The Morgan fingerprint density at radius 1 is 0.397 bits per heavy atom. The normalized spacial score (nSPS) is 16.8. The molecule has 3 atom stereocenters. The van der Waals surface area contributed by atoms with Crippen LogP contribution in [-0.2, 0) is 9.59 Å². The van der Waals surface area contributed by atoms with Crippen molar-refractivity contribution in [3.05, 3.63) is 0 Å². The highest BCUT2D eigenvalue weighted by molar-refractivity contribution is 8.00. The lowest BCUT2D eigenvalue weighted by Gasteiger charge is -2.26. The summed E-state index contributed by atoms with van der Waals surface area (Å²) < 4.78 is 0. The molecule has 7 nitrogen and oxygen atoms in total. The predicted molar refractivity (Wildman–Crippen MR) is 299 cm³/mol. The van der Waals surface area contributed by atoms with E-state index in [9.17, 15) is 14.4 Å². The smallest absolute Gasteiger partial charge is 0.315 e. The van der Waals surface area contributed by atoms with E-state index in [1.807, 2.05) is 11.8 Å². The topological polar surface area (TPSA) is 81.8 Å². The van der Waals surface area contributed by atoms with Crippen LogP contribution in [0, 0.1) is 0 Å². The summed E-state index contributed by atoms with van der Waals surface area (Å²) in [5.74, 6) is 1.79. The summed E-state index contributed by atoms with van der Waals surface area (Å²) in [5.41, 5.74) is 0. The van der Waals surface area contributed by atoms with Crippen LogP contribution in [0.3, 0.4) is 0 Å². The van der Waals surface area contributed by atoms with Crippen LogP contribution in [0.25, 0.3) is 0 Å². The molecule has 2 fully saturated rings. The van der Waals surface area contributed by atoms with Gasteiger partial charge in [0.15, 0.2) is 0 Å². The average Bonchev–Trinajstić information content (AvgIpc) is 3.90. The zero-order chi connectivity index (χ0) is 48.8. The maximum Gasteiger partial charge on any atom is 0.315 e. The molecule has 2 amide bonds. The first-order valence-corrected chi connectivity index (χ1v) is 31.7. The third kappa shape index (κ3) is 36.7. The number of nitrogens with zero attached hydrogens (tertiary/aromatic N) is 2. The Morgan fingerprint density at radius 2 is 0.691 bits per heavy atom. The van der Waals surface area contributed by atoms with Gasteiger partial charge in [-0.05, 0) is 103 Å². The van der Waals surface area contributed by atoms with Gasteiger partial charge in [-0.25, -0.2) is 4.79 Å². The molecule has 8 heteroatoms. The molecule has 0 aromatic carbocycles. The van der Waals surface area contributed by atoms with E-state index < -0.39 is 0 Å². The summed E-state index contributed by atoms with van der Waals surface area (Å²) in [6, 6.07) is 0.501. The second-order valence-electron chi connectivity index (χ2n) is 21.9. The van der Waals surface area contributed by atoms with Crippen LogP contribution < -0.4 is 10.6 Å². The van der Waals surface area contributed by atoms with Crippen molar-refractivity contribution in [1.29, 1.82) is 0 Å². The standard InChI is InChI=1S/C60H116N4O3S/c1-4-7-10-13-16-19-22-25-28-38-48-63(49-39-29-26-23-20-17-14-11-8-5-2)52-42-53-64(50-40-30-27-24-21-18-15-12-9-6-3)51-41-32-35-45-55(65)43-33-31-34-44-56(66)46-36-37-47-58-59-57(54-68-58)61-60(67)62-59/h57-59H,4-54H2,1-3H3,(H2,61,62,67). The molecular weight excluding hydrogens is 857 g/mol. The van der Waals surface area contributed by atoms with Gasteiger partial charge in [0.1, 0.15) is 11.6 Å². The minimum atomic E-state index is -0.0275. The molecule has 3 unspecified atom stereocenters. The lowest BCUT2D eigenvalue weighted by molar-refractivity contribution is -0.119. The summed E-state index contributed by atoms with van der Waals surface area (Å²) in [6.07, 6.45) is 55.5. The van der Waals surface area contributed by atoms with Crippen molar-refractivity contribution in [2.24, 2.45) is 0 Å². The molecule has 0 aromatic heterocycles. The van der Waals surface area contributed by atoms with Crippen molar-refractivity contribution >= 4 is 29.4 Å². The third-order valence-electron chi connectivity index (χ3n) is 15.4. The molecule has 0 bridgehead atoms. The third-order valence-corrected chi connectivity index (χ3v) is 16.9. The highest BCUT2D eigenvalue weighted by Gasteiger charge is 2.42. The fraction of sp³-hybridized carbons (Fsp3) is 0.950. The van der Waals surface area contributed by atoms with Gasteiger partial charge in [-0.2, -0.15) is 11.8 Å². The SMILES string of the molecule is CCCCCCCCCCCCN(CCCCCCCCCCCC)CCCN(CCCCCCCCCCCC)CCCCCC(=O)CCCCCC(=O)CCCCC1SCC2NC(=O)NC21. The molecule has 0 aliphatic carbocycles. The number of carbonyl (C=O) groups excluding carboxylic acids is 3. The number of unbranched alkanes of at least 4 members (excludes halogenated alkanes) is 32. The maximum atomic E-state index is 12.8. The zero-order valence-electron chi connectivity index (χ0n) is 45.8. The molecule has 2 heterocycles. The lowest BCUT2D eigenvalue weighted by Crippen LogP contribution is -2.36. The van der Waals surface area contributed by atoms with E-state index in [0.29, 0.717) is 36.1 Å². The van der Waals surface area contributed by atoms with E-state index in [1.54, 1.807) is 0 Å². The van der Waals surface area contributed by atoms with Gasteiger partial charge in [0.05, 0.1) is 12.1 Å². The number of thioether (sulfide) groups is 1. The zero-order valence-corrected chi connectivity index (χ0v) is 46.6. The van der Waals surface area contributed by atoms with Gasteiger partial charge in [0.2, 0.25) is 0 Å². The molecule has 68 heavy (non-hydrogen) atoms. The lowest BCUT2D eigenvalue weighted by atomic mass is 10.0. The molecule has 0 radical (unpaired) electrons. The van der Waals surface area contributed by atoms with Crippen LogP contribution in [0.4, 0.5) is 4.79 Å². The van der Waals surface area contributed by atoms with E-state index in [0.717, 1.165) is 63.5 Å². The first-order chi connectivity index (χ1) is 33.5. The average molecular weight is 974 g/mol. The van der Waals surface area contributed by atoms with Crippen LogP contribution in [0.5, 0.6) is 0 Å². The molecule has 400 valence electrons. The second kappa shape index (κ2) is 46.9. The van der Waals surface area contributed by atoms with Crippen molar-refractivity contribution in [2.75, 3.05) is 45.0 Å². The maximum absolute atomic E-state index is 12.8. The molecule has 0 spiro atoms. The number of rotatable bonds is 54. The van der Waals surface area contributed by atoms with E-state index in [4.69, 9.17) is 0 Å². The molecule has 0 saturated carbocycles. The van der Waals surface area contributed by atoms with Crippen LogP contribution in [0.2, 0.25) is 0 Å². The van der Waals surface area contributed by atoms with Crippen molar-refractivity contribution in [2.45, 2.75) is 321 Å². The minimum absolute atomic E-state index is 0.0275. The van der Waals surface area contributed by atoms with Gasteiger partial charge in [-0.15, -0.1) is 0 Å². The van der Waals surface area contributed by atoms with E-state index in [-0.39, 0.29) is 18.1 Å². The number of nitrogens with one attached hydrogen (secondary N) is 2. The number of fused-ring (bicyclic) bond motifs is 1. The number of hydrogen-bond donors (Lipinski definition) is 2. The van der Waals surface area contributed by atoms with Gasteiger partial charge in [-0.3, -0.25) is 9.59 Å². The van der Waals surface area contributed by atoms with Gasteiger partial charge in [0, 0.05) is 36.7 Å². The van der Waals surface area contributed by atoms with Crippen LogP contribution in [0.15, 0.2) is 0 Å². The predicted octanol–water partition coefficient (Wildman–Crippen LogP) is 17.1. The number of ketones is 2. The van der Waals surface area contributed by atoms with Crippen molar-refractivity contribution in [1.82, 2.24) is 20.4 Å². The largest absolute Gasteiger partial charge is 0.332 e. The summed E-state index contributed by atoms with van der Waals surface area (Å²) in [6.45, 7) is 14.4. The van der Waals surface area contributed by atoms with E-state index in [2.05, 4.69) is 41.2 Å². The Hall–Kier alpha value is -1.12. The molecular formula is C60H116N4O3S. The monoisotopic (exact) mass is 973 g/mol. The van der Waals surface area contributed by atoms with Crippen LogP contribution >= 0.6 is 11.8 Å². The van der Waals surface area contributed by atoms with Gasteiger partial charge >= 0.3 is 6.03 Å². The molecule has 2 N–H and O–H groups in total. The number of urea groups is 1. The summed E-state index contributed by atoms with van der Waals surface area (Å²) in [7, 11) is 0. The molecule has 2 aliphatic heterocycles. The minimum Gasteiger partial charge on any atom is -0.332 e. The quantitative estimate of drug-likeness (QED) is 0.0467. The Balaban J connectivity index is 1.67. The Bertz CT molecular complexity index is 1130. The summed E-state index contributed by atoms with van der Waals surface area (Å²) >= 11 is 1.95. The fourth-order valence-electron chi connectivity index (χ4n) is 10.9. The first kappa shape index (κ1) is 63.0. The highest BCUT2D eigenvalue weighted by atomic mass is 32.2. The Morgan fingerprint density at radius 3 is 1.06 bits per heavy atom.